The minimum Gasteiger partial charge on any atom is -0.376 e. The Morgan fingerprint density at radius 1 is 1.31 bits per heavy atom. The average Bonchev–Trinajstić information content (AvgIpc) is 3.44. The number of hydrogen-bond acceptors (Lipinski definition) is 4. The number of fused-ring (bicyclic) bond motifs is 1. The van der Waals surface area contributed by atoms with Crippen molar-refractivity contribution in [3.63, 3.8) is 0 Å². The second-order valence-electron chi connectivity index (χ2n) is 7.91. The number of hydrogen-bond donors (Lipinski definition) is 1. The van der Waals surface area contributed by atoms with Gasteiger partial charge in [-0.05, 0) is 74.8 Å². The molecule has 1 fully saturated rings. The number of ether oxygens (including phenoxy) is 1. The fourth-order valence-corrected chi connectivity index (χ4v) is 5.07. The van der Waals surface area contributed by atoms with Gasteiger partial charge in [0.1, 0.15) is 11.9 Å². The molecule has 1 amide bonds. The number of anilines is 1. The first-order chi connectivity index (χ1) is 14.1. The molecule has 152 valence electrons. The zero-order valence-corrected chi connectivity index (χ0v) is 17.9. The molecule has 1 aromatic heterocycles. The van der Waals surface area contributed by atoms with Crippen LogP contribution < -0.4 is 5.32 Å². The molecule has 1 N–H and O–H groups in total. The molecule has 2 heterocycles. The van der Waals surface area contributed by atoms with Crippen LogP contribution >= 0.6 is 11.8 Å². The summed E-state index contributed by atoms with van der Waals surface area (Å²) in [5, 5.41) is 12.7. The number of aryl methyl sites for hydroxylation is 2. The maximum absolute atomic E-state index is 12.7. The first-order valence-corrected chi connectivity index (χ1v) is 11.3. The van der Waals surface area contributed by atoms with Crippen molar-refractivity contribution in [2.75, 3.05) is 17.7 Å². The lowest BCUT2D eigenvalue weighted by molar-refractivity contribution is -0.113. The lowest BCUT2D eigenvalue weighted by atomic mass is 10.1. The number of aromatic nitrogens is 1. The van der Waals surface area contributed by atoms with Crippen molar-refractivity contribution in [2.45, 2.75) is 63.5 Å². The summed E-state index contributed by atoms with van der Waals surface area (Å²) < 4.78 is 7.82. The van der Waals surface area contributed by atoms with Gasteiger partial charge in [-0.25, -0.2) is 0 Å². The normalized spacial score (nSPS) is 17.9. The van der Waals surface area contributed by atoms with Crippen LogP contribution in [0.3, 0.4) is 0 Å². The van der Waals surface area contributed by atoms with Crippen LogP contribution in [0.15, 0.2) is 23.1 Å². The van der Waals surface area contributed by atoms with E-state index < -0.39 is 0 Å². The Kier molecular flexibility index (Phi) is 5.98. The molecular formula is C23H27N3O2S. The number of carbonyl (C=O) groups is 1. The van der Waals surface area contributed by atoms with E-state index in [0.717, 1.165) is 48.4 Å². The first-order valence-electron chi connectivity index (χ1n) is 10.3. The van der Waals surface area contributed by atoms with Gasteiger partial charge in [0, 0.05) is 17.2 Å². The number of carbonyl (C=O) groups excluding carboxylic acids is 1. The molecule has 6 heteroatoms. The van der Waals surface area contributed by atoms with E-state index in [2.05, 4.69) is 29.6 Å². The summed E-state index contributed by atoms with van der Waals surface area (Å²) in [6.07, 6.45) is 5.74. The molecule has 1 atom stereocenters. The molecule has 0 spiro atoms. The van der Waals surface area contributed by atoms with Crippen LogP contribution in [-0.4, -0.2) is 28.9 Å². The fraction of sp³-hybridized carbons (Fsp3) is 0.478. The number of amides is 1. The Morgan fingerprint density at radius 3 is 2.90 bits per heavy atom. The maximum atomic E-state index is 12.7. The Hall–Kier alpha value is -2.23. The van der Waals surface area contributed by atoms with Gasteiger partial charge in [-0.1, -0.05) is 6.07 Å². The summed E-state index contributed by atoms with van der Waals surface area (Å²) in [5.41, 5.74) is 5.34. The Bertz CT molecular complexity index is 967. The fourth-order valence-electron chi connectivity index (χ4n) is 4.31. The van der Waals surface area contributed by atoms with Gasteiger partial charge in [-0.3, -0.25) is 4.79 Å². The molecule has 2 aromatic rings. The van der Waals surface area contributed by atoms with E-state index in [1.807, 2.05) is 18.4 Å². The number of rotatable bonds is 6. The first kappa shape index (κ1) is 20.1. The summed E-state index contributed by atoms with van der Waals surface area (Å²) in [6.45, 7) is 5.39. The van der Waals surface area contributed by atoms with Crippen LogP contribution in [0.2, 0.25) is 0 Å². The number of thioether (sulfide) groups is 1. The number of nitrogens with one attached hydrogen (secondary N) is 1. The van der Waals surface area contributed by atoms with Crippen molar-refractivity contribution in [3.8, 4) is 6.07 Å². The second kappa shape index (κ2) is 8.64. The van der Waals surface area contributed by atoms with Gasteiger partial charge in [-0.15, -0.1) is 11.8 Å². The molecule has 4 rings (SSSR count). The van der Waals surface area contributed by atoms with Gasteiger partial charge in [-0.2, -0.15) is 5.26 Å². The van der Waals surface area contributed by atoms with E-state index in [4.69, 9.17) is 4.74 Å². The van der Waals surface area contributed by atoms with E-state index in [1.165, 1.54) is 17.5 Å². The Balaban J connectivity index is 1.46. The van der Waals surface area contributed by atoms with Crippen molar-refractivity contribution in [1.29, 1.82) is 5.26 Å². The highest BCUT2D eigenvalue weighted by atomic mass is 32.2. The number of nitriles is 1. The SMILES string of the molecule is Cc1c(C#N)c(NC(=O)CSc2ccc3c(c2)CCC3)n(CC2CCCO2)c1C. The molecule has 29 heavy (non-hydrogen) atoms. The molecule has 0 saturated carbocycles. The monoisotopic (exact) mass is 409 g/mol. The third-order valence-corrected chi connectivity index (χ3v) is 7.04. The Labute approximate surface area is 176 Å². The second-order valence-corrected chi connectivity index (χ2v) is 8.96. The van der Waals surface area contributed by atoms with E-state index >= 15 is 0 Å². The van der Waals surface area contributed by atoms with Crippen LogP contribution in [0.25, 0.3) is 0 Å². The van der Waals surface area contributed by atoms with E-state index in [1.54, 1.807) is 11.8 Å². The summed E-state index contributed by atoms with van der Waals surface area (Å²) in [4.78, 5) is 13.8. The van der Waals surface area contributed by atoms with Gasteiger partial charge >= 0.3 is 0 Å². The summed E-state index contributed by atoms with van der Waals surface area (Å²) in [5.74, 6) is 0.850. The average molecular weight is 410 g/mol. The van der Waals surface area contributed by atoms with Crippen LogP contribution in [-0.2, 0) is 28.9 Å². The van der Waals surface area contributed by atoms with E-state index in [0.29, 0.717) is 23.7 Å². The number of nitrogens with zero attached hydrogens (tertiary/aromatic N) is 2. The van der Waals surface area contributed by atoms with Crippen LogP contribution in [0, 0.1) is 25.2 Å². The van der Waals surface area contributed by atoms with Gasteiger partial charge in [0.15, 0.2) is 0 Å². The largest absolute Gasteiger partial charge is 0.376 e. The van der Waals surface area contributed by atoms with E-state index in [-0.39, 0.29) is 12.0 Å². The predicted molar refractivity (Wildman–Crippen MR) is 115 cm³/mol. The molecule has 1 saturated heterocycles. The standard InChI is InChI=1S/C23H27N3O2S/c1-15-16(2)26(13-19-7-4-10-28-19)23(21(15)12-24)25-22(27)14-29-20-9-8-17-5-3-6-18(17)11-20/h8-9,11,19H,3-7,10,13-14H2,1-2H3,(H,25,27). The zero-order chi connectivity index (χ0) is 20.4. The highest BCUT2D eigenvalue weighted by Crippen LogP contribution is 2.30. The maximum Gasteiger partial charge on any atom is 0.235 e. The molecular weight excluding hydrogens is 382 g/mol. The molecule has 2 aliphatic rings. The molecule has 1 aliphatic heterocycles. The summed E-state index contributed by atoms with van der Waals surface area (Å²) >= 11 is 1.55. The lowest BCUT2D eigenvalue weighted by Crippen LogP contribution is -2.22. The van der Waals surface area contributed by atoms with Crippen molar-refractivity contribution >= 4 is 23.5 Å². The number of benzene rings is 1. The summed E-state index contributed by atoms with van der Waals surface area (Å²) in [6, 6.07) is 8.79. The lowest BCUT2D eigenvalue weighted by Gasteiger charge is -2.17. The van der Waals surface area contributed by atoms with Gasteiger partial charge in [0.05, 0.1) is 24.0 Å². The third kappa shape index (κ3) is 4.22. The molecule has 0 bridgehead atoms. The van der Waals surface area contributed by atoms with Crippen LogP contribution in [0.5, 0.6) is 0 Å². The molecule has 1 unspecified atom stereocenters. The molecule has 1 aromatic carbocycles. The van der Waals surface area contributed by atoms with Crippen molar-refractivity contribution < 1.29 is 9.53 Å². The van der Waals surface area contributed by atoms with Gasteiger partial charge in [0.25, 0.3) is 0 Å². The van der Waals surface area contributed by atoms with Crippen LogP contribution in [0.4, 0.5) is 5.82 Å². The zero-order valence-electron chi connectivity index (χ0n) is 17.1. The van der Waals surface area contributed by atoms with Gasteiger partial charge < -0.3 is 14.6 Å². The highest BCUT2D eigenvalue weighted by molar-refractivity contribution is 8.00. The topological polar surface area (TPSA) is 67.0 Å². The Morgan fingerprint density at radius 2 is 2.14 bits per heavy atom. The highest BCUT2D eigenvalue weighted by Gasteiger charge is 2.24. The predicted octanol–water partition coefficient (Wildman–Crippen LogP) is 4.38. The summed E-state index contributed by atoms with van der Waals surface area (Å²) in [7, 11) is 0. The minimum atomic E-state index is -0.0851. The van der Waals surface area contributed by atoms with Crippen molar-refractivity contribution in [1.82, 2.24) is 4.57 Å². The minimum absolute atomic E-state index is 0.0851. The third-order valence-electron chi connectivity index (χ3n) is 6.05. The molecule has 1 aliphatic carbocycles. The van der Waals surface area contributed by atoms with Crippen molar-refractivity contribution in [3.05, 3.63) is 46.1 Å². The smallest absolute Gasteiger partial charge is 0.235 e. The van der Waals surface area contributed by atoms with Crippen LogP contribution in [0.1, 0.15) is 47.2 Å². The molecule has 5 nitrogen and oxygen atoms in total. The van der Waals surface area contributed by atoms with Crippen molar-refractivity contribution in [2.24, 2.45) is 0 Å². The van der Waals surface area contributed by atoms with E-state index in [9.17, 15) is 10.1 Å². The van der Waals surface area contributed by atoms with Gasteiger partial charge in [0.2, 0.25) is 5.91 Å². The molecule has 0 radical (unpaired) electrons. The quantitative estimate of drug-likeness (QED) is 0.719.